The molecule has 0 fully saturated rings. The second kappa shape index (κ2) is 11.9. The lowest BCUT2D eigenvalue weighted by Crippen LogP contribution is -2.07. The molecule has 0 aliphatic heterocycles. The molecule has 0 atom stereocenters. The molecule has 1 aromatic heterocycles. The van der Waals surface area contributed by atoms with E-state index < -0.39 is 5.56 Å². The molecule has 190 valence electrons. The van der Waals surface area contributed by atoms with Gasteiger partial charge >= 0.3 is 0 Å². The minimum absolute atomic E-state index is 0.0149. The van der Waals surface area contributed by atoms with Crippen LogP contribution < -0.4 is 34.0 Å². The van der Waals surface area contributed by atoms with Crippen molar-refractivity contribution in [1.82, 2.24) is 9.97 Å². The topological polar surface area (TPSA) is 129 Å². The zero-order valence-corrected chi connectivity index (χ0v) is 21.4. The maximum atomic E-state index is 12.7. The third kappa shape index (κ3) is 5.66. The number of nitrogens with zero attached hydrogens (tertiary/aromatic N) is 2. The first-order chi connectivity index (χ1) is 17.4. The summed E-state index contributed by atoms with van der Waals surface area (Å²) >= 11 is 5.12. The number of hydrogen-bond donors (Lipinski definition) is 2. The maximum absolute atomic E-state index is 12.7. The van der Waals surface area contributed by atoms with Gasteiger partial charge in [-0.25, -0.2) is 9.98 Å². The standard InChI is InChI=1S/C24H26N4O7S/c1-30-15-7-13(8-16(31-2)20(15)34-5)11-25-19-22(27-24(36)28-23(19)29)26-12-14-9-17(32-3)21(35-6)18(10-14)33-4/h7-12H,1-6H3,(H2,27,28,29,36). The molecule has 0 radical (unpaired) electrons. The Morgan fingerprint density at radius 2 is 1.08 bits per heavy atom. The van der Waals surface area contributed by atoms with Gasteiger partial charge in [0.1, 0.15) is 0 Å². The Morgan fingerprint density at radius 3 is 1.47 bits per heavy atom. The van der Waals surface area contributed by atoms with Gasteiger partial charge < -0.3 is 33.4 Å². The average molecular weight is 515 g/mol. The second-order valence-electron chi connectivity index (χ2n) is 7.04. The molecule has 3 aromatic rings. The Bertz CT molecular complexity index is 1360. The van der Waals surface area contributed by atoms with E-state index >= 15 is 0 Å². The first kappa shape index (κ1) is 26.3. The van der Waals surface area contributed by atoms with E-state index in [2.05, 4.69) is 20.0 Å². The molecule has 2 aromatic carbocycles. The highest BCUT2D eigenvalue weighted by atomic mass is 32.1. The fourth-order valence-electron chi connectivity index (χ4n) is 3.31. The lowest BCUT2D eigenvalue weighted by Gasteiger charge is -2.12. The summed E-state index contributed by atoms with van der Waals surface area (Å²) in [4.78, 5) is 26.8. The number of aliphatic imine (C=N–C) groups is 2. The Labute approximate surface area is 212 Å². The summed E-state index contributed by atoms with van der Waals surface area (Å²) in [7, 11) is 9.08. The van der Waals surface area contributed by atoms with Crippen molar-refractivity contribution in [2.75, 3.05) is 42.7 Å². The van der Waals surface area contributed by atoms with Crippen molar-refractivity contribution in [3.8, 4) is 34.5 Å². The third-order valence-electron chi connectivity index (χ3n) is 4.96. The molecule has 0 aliphatic rings. The Kier molecular flexibility index (Phi) is 8.68. The van der Waals surface area contributed by atoms with Gasteiger partial charge in [0, 0.05) is 23.6 Å². The zero-order chi connectivity index (χ0) is 26.2. The van der Waals surface area contributed by atoms with Crippen molar-refractivity contribution >= 4 is 36.2 Å². The molecule has 3 rings (SSSR count). The van der Waals surface area contributed by atoms with E-state index in [0.29, 0.717) is 45.6 Å². The average Bonchev–Trinajstić information content (AvgIpc) is 2.89. The molecule has 11 nitrogen and oxygen atoms in total. The first-order valence-electron chi connectivity index (χ1n) is 10.4. The van der Waals surface area contributed by atoms with Gasteiger partial charge in [0.05, 0.1) is 42.7 Å². The molecule has 0 saturated carbocycles. The number of methoxy groups -OCH3 is 6. The summed E-state index contributed by atoms with van der Waals surface area (Å²) in [6.45, 7) is 0. The fraction of sp³-hybridized carbons (Fsp3) is 0.250. The molecule has 0 unspecified atom stereocenters. The van der Waals surface area contributed by atoms with E-state index in [9.17, 15) is 4.79 Å². The molecule has 36 heavy (non-hydrogen) atoms. The van der Waals surface area contributed by atoms with Gasteiger partial charge in [0.2, 0.25) is 11.5 Å². The van der Waals surface area contributed by atoms with Crippen LogP contribution in [0.4, 0.5) is 11.5 Å². The monoisotopic (exact) mass is 514 g/mol. The van der Waals surface area contributed by atoms with E-state index in [1.54, 1.807) is 24.3 Å². The van der Waals surface area contributed by atoms with Crippen molar-refractivity contribution in [2.24, 2.45) is 9.98 Å². The van der Waals surface area contributed by atoms with E-state index in [4.69, 9.17) is 40.6 Å². The quantitative estimate of drug-likeness (QED) is 0.307. The summed E-state index contributed by atoms with van der Waals surface area (Å²) in [5.74, 6) is 2.84. The van der Waals surface area contributed by atoms with Gasteiger partial charge in [-0.3, -0.25) is 9.78 Å². The highest BCUT2D eigenvalue weighted by molar-refractivity contribution is 7.71. The van der Waals surface area contributed by atoms with E-state index in [0.717, 1.165) is 0 Å². The smallest absolute Gasteiger partial charge is 0.279 e. The molecule has 12 heteroatoms. The lowest BCUT2D eigenvalue weighted by molar-refractivity contribution is 0.324. The van der Waals surface area contributed by atoms with Crippen LogP contribution in [0.3, 0.4) is 0 Å². The van der Waals surface area contributed by atoms with Gasteiger partial charge in [-0.05, 0) is 36.5 Å². The number of aromatic nitrogens is 2. The van der Waals surface area contributed by atoms with Gasteiger partial charge in [-0.1, -0.05) is 0 Å². The molecule has 0 amide bonds. The van der Waals surface area contributed by atoms with Crippen LogP contribution in [0.1, 0.15) is 11.1 Å². The van der Waals surface area contributed by atoms with Gasteiger partial charge in [0.25, 0.3) is 5.56 Å². The maximum Gasteiger partial charge on any atom is 0.279 e. The predicted octanol–water partition coefficient (Wildman–Crippen LogP) is 3.99. The van der Waals surface area contributed by atoms with Crippen LogP contribution in [0.25, 0.3) is 0 Å². The lowest BCUT2D eigenvalue weighted by atomic mass is 10.2. The van der Waals surface area contributed by atoms with Gasteiger partial charge in [0.15, 0.2) is 39.3 Å². The number of nitrogens with one attached hydrogen (secondary N) is 2. The number of H-pyrrole nitrogens is 2. The third-order valence-corrected chi connectivity index (χ3v) is 5.16. The second-order valence-corrected chi connectivity index (χ2v) is 7.45. The van der Waals surface area contributed by atoms with Crippen LogP contribution in [0.5, 0.6) is 34.5 Å². The zero-order valence-electron chi connectivity index (χ0n) is 20.6. The van der Waals surface area contributed by atoms with Crippen molar-refractivity contribution in [1.29, 1.82) is 0 Å². The first-order valence-corrected chi connectivity index (χ1v) is 10.8. The molecule has 0 spiro atoms. The van der Waals surface area contributed by atoms with Crippen LogP contribution in [-0.2, 0) is 0 Å². The summed E-state index contributed by atoms with van der Waals surface area (Å²) < 4.78 is 32.3. The predicted molar refractivity (Wildman–Crippen MR) is 139 cm³/mol. The van der Waals surface area contributed by atoms with Crippen LogP contribution in [-0.4, -0.2) is 65.1 Å². The van der Waals surface area contributed by atoms with Crippen LogP contribution in [0.15, 0.2) is 39.0 Å². The Balaban J connectivity index is 2.05. The van der Waals surface area contributed by atoms with Crippen LogP contribution in [0.2, 0.25) is 0 Å². The number of benzene rings is 2. The molecular weight excluding hydrogens is 488 g/mol. The molecular formula is C24H26N4O7S. The van der Waals surface area contributed by atoms with Gasteiger partial charge in [-0.15, -0.1) is 0 Å². The van der Waals surface area contributed by atoms with E-state index in [-0.39, 0.29) is 16.3 Å². The van der Waals surface area contributed by atoms with Crippen molar-refractivity contribution < 1.29 is 28.4 Å². The molecule has 1 heterocycles. The van der Waals surface area contributed by atoms with E-state index in [1.807, 2.05) is 0 Å². The van der Waals surface area contributed by atoms with Crippen LogP contribution >= 0.6 is 12.2 Å². The fourth-order valence-corrected chi connectivity index (χ4v) is 3.50. The highest BCUT2D eigenvalue weighted by Crippen LogP contribution is 2.39. The number of aromatic amines is 2. The normalized spacial score (nSPS) is 11.1. The minimum atomic E-state index is -0.514. The molecule has 0 saturated heterocycles. The summed E-state index contributed by atoms with van der Waals surface area (Å²) in [5, 5.41) is 0. The molecule has 0 bridgehead atoms. The number of hydrogen-bond acceptors (Lipinski definition) is 10. The largest absolute Gasteiger partial charge is 0.493 e. The van der Waals surface area contributed by atoms with Gasteiger partial charge in [-0.2, -0.15) is 0 Å². The highest BCUT2D eigenvalue weighted by Gasteiger charge is 2.14. The van der Waals surface area contributed by atoms with Crippen molar-refractivity contribution in [2.45, 2.75) is 0 Å². The molecule has 0 aliphatic carbocycles. The summed E-state index contributed by atoms with van der Waals surface area (Å²) in [5.41, 5.74) is 0.732. The SMILES string of the molecule is COc1cc(C=Nc2[nH]c(=S)[nH]c(=O)c2N=Cc2cc(OC)c(OC)c(OC)c2)cc(OC)c1OC. The minimum Gasteiger partial charge on any atom is -0.493 e. The van der Waals surface area contributed by atoms with E-state index in [1.165, 1.54) is 55.1 Å². The Hall–Kier alpha value is -4.32. The van der Waals surface area contributed by atoms with Crippen LogP contribution in [0, 0.1) is 4.77 Å². The van der Waals surface area contributed by atoms with Crippen molar-refractivity contribution in [3.05, 3.63) is 50.5 Å². The molecule has 2 N–H and O–H groups in total. The number of rotatable bonds is 10. The Morgan fingerprint density at radius 1 is 0.667 bits per heavy atom. The van der Waals surface area contributed by atoms with Crippen molar-refractivity contribution in [3.63, 3.8) is 0 Å². The summed E-state index contributed by atoms with van der Waals surface area (Å²) in [6, 6.07) is 6.82. The summed E-state index contributed by atoms with van der Waals surface area (Å²) in [6.07, 6.45) is 2.99. The number of ether oxygens (including phenoxy) is 6.